The van der Waals surface area contributed by atoms with Crippen molar-refractivity contribution >= 4 is 28.5 Å². The molecule has 0 aliphatic rings. The number of halogens is 1. The summed E-state index contributed by atoms with van der Waals surface area (Å²) in [7, 11) is 1.34. The van der Waals surface area contributed by atoms with Crippen LogP contribution in [0.15, 0.2) is 109 Å². The number of hydrogen-bond acceptors (Lipinski definition) is 4. The normalized spacial score (nSPS) is 12.0. The summed E-state index contributed by atoms with van der Waals surface area (Å²) in [5.74, 6) is 0.163. The summed E-state index contributed by atoms with van der Waals surface area (Å²) in [5, 5.41) is 12.6. The topological polar surface area (TPSA) is 60.7 Å². The molecule has 38 heavy (non-hydrogen) atoms. The van der Waals surface area contributed by atoms with E-state index < -0.39 is 12.1 Å². The van der Waals surface area contributed by atoms with Gasteiger partial charge in [-0.05, 0) is 53.1 Å². The molecule has 5 aromatic rings. The lowest BCUT2D eigenvalue weighted by Crippen LogP contribution is -2.20. The number of benzene rings is 4. The Hall–Kier alpha value is -4.06. The summed E-state index contributed by atoms with van der Waals surface area (Å²) in [4.78, 5) is 11.6. The lowest BCUT2D eigenvalue weighted by molar-refractivity contribution is 0.0600. The Morgan fingerprint density at radius 3 is 2.13 bits per heavy atom. The maximum absolute atomic E-state index is 11.6. The summed E-state index contributed by atoms with van der Waals surface area (Å²) < 4.78 is 12.8. The van der Waals surface area contributed by atoms with Crippen LogP contribution in [0.25, 0.3) is 10.9 Å². The van der Waals surface area contributed by atoms with Gasteiger partial charge in [-0.25, -0.2) is 4.79 Å². The Bertz CT molecular complexity index is 1470. The van der Waals surface area contributed by atoms with Gasteiger partial charge in [0.2, 0.25) is 0 Å². The van der Waals surface area contributed by atoms with E-state index in [9.17, 15) is 9.90 Å². The fourth-order valence-corrected chi connectivity index (χ4v) is 4.93. The number of ether oxygens (including phenoxy) is 2. The molecule has 5 rings (SSSR count). The zero-order chi connectivity index (χ0) is 26.5. The molecule has 0 amide bonds. The van der Waals surface area contributed by atoms with Crippen molar-refractivity contribution < 1.29 is 19.4 Å². The molecular weight excluding hydrogens is 498 g/mol. The number of methoxy groups -OCH3 is 1. The molecule has 0 saturated heterocycles. The molecule has 6 heteroatoms. The third-order valence-electron chi connectivity index (χ3n) is 6.56. The number of fused-ring (bicyclic) bond motifs is 1. The standard InChI is InChI=1S/C32H28ClNO4/c1-37-32(36)24-12-15-28(16-13-24)38-21-27(35)18-25-20-34(30-19-26(33)14-17-29(25)30)31(22-8-4-2-5-9-22)23-10-6-3-7-11-23/h2-17,19-20,27,31,35H,18,21H2,1H3. The number of esters is 1. The summed E-state index contributed by atoms with van der Waals surface area (Å²) >= 11 is 6.45. The molecule has 0 saturated carbocycles. The Labute approximate surface area is 226 Å². The van der Waals surface area contributed by atoms with Crippen molar-refractivity contribution in [2.24, 2.45) is 0 Å². The van der Waals surface area contributed by atoms with Crippen molar-refractivity contribution in [1.82, 2.24) is 4.57 Å². The SMILES string of the molecule is COC(=O)c1ccc(OCC(O)Cc2cn(C(c3ccccc3)c3ccccc3)c3cc(Cl)ccc23)cc1. The number of nitrogens with zero attached hydrogens (tertiary/aromatic N) is 1. The summed E-state index contributed by atoms with van der Waals surface area (Å²) in [5.41, 5.74) is 4.75. The second-order valence-electron chi connectivity index (χ2n) is 9.13. The van der Waals surface area contributed by atoms with Gasteiger partial charge in [0.25, 0.3) is 0 Å². The zero-order valence-corrected chi connectivity index (χ0v) is 21.7. The van der Waals surface area contributed by atoms with Gasteiger partial charge in [-0.15, -0.1) is 0 Å². The molecule has 1 unspecified atom stereocenters. The molecule has 0 spiro atoms. The molecule has 1 N–H and O–H groups in total. The van der Waals surface area contributed by atoms with Crippen LogP contribution in [0, 0.1) is 0 Å². The second-order valence-corrected chi connectivity index (χ2v) is 9.57. The molecule has 0 fully saturated rings. The van der Waals surface area contributed by atoms with Crippen LogP contribution >= 0.6 is 11.6 Å². The molecule has 192 valence electrons. The van der Waals surface area contributed by atoms with Crippen LogP contribution in [-0.4, -0.2) is 35.5 Å². The molecule has 0 bridgehead atoms. The number of aromatic nitrogens is 1. The first-order valence-corrected chi connectivity index (χ1v) is 12.8. The summed E-state index contributed by atoms with van der Waals surface area (Å²) in [6.45, 7) is 0.110. The molecule has 0 radical (unpaired) electrons. The Kier molecular flexibility index (Phi) is 7.78. The first kappa shape index (κ1) is 25.6. The van der Waals surface area contributed by atoms with Crippen LogP contribution in [0.3, 0.4) is 0 Å². The molecule has 5 nitrogen and oxygen atoms in total. The van der Waals surface area contributed by atoms with E-state index in [2.05, 4.69) is 35.0 Å². The third kappa shape index (κ3) is 5.59. The fraction of sp³-hybridized carbons (Fsp3) is 0.156. The highest BCUT2D eigenvalue weighted by Gasteiger charge is 2.21. The molecule has 1 atom stereocenters. The predicted molar refractivity (Wildman–Crippen MR) is 150 cm³/mol. The Balaban J connectivity index is 1.43. The maximum atomic E-state index is 11.6. The van der Waals surface area contributed by atoms with Crippen molar-refractivity contribution in [2.45, 2.75) is 18.6 Å². The summed E-state index contributed by atoms with van der Waals surface area (Å²) in [6.07, 6.45) is 1.78. The quantitative estimate of drug-likeness (QED) is 0.217. The van der Waals surface area contributed by atoms with Crippen molar-refractivity contribution in [3.05, 3.63) is 137 Å². The largest absolute Gasteiger partial charge is 0.491 e. The van der Waals surface area contributed by atoms with E-state index >= 15 is 0 Å². The molecular formula is C32H28ClNO4. The van der Waals surface area contributed by atoms with Crippen LogP contribution in [0.2, 0.25) is 5.02 Å². The lowest BCUT2D eigenvalue weighted by Gasteiger charge is -2.21. The van der Waals surface area contributed by atoms with E-state index in [0.29, 0.717) is 22.8 Å². The number of carbonyl (C=O) groups excluding carboxylic acids is 1. The number of hydrogen-bond donors (Lipinski definition) is 1. The average molecular weight is 526 g/mol. The van der Waals surface area contributed by atoms with E-state index in [1.165, 1.54) is 7.11 Å². The monoisotopic (exact) mass is 525 g/mol. The van der Waals surface area contributed by atoms with Crippen LogP contribution in [0.4, 0.5) is 0 Å². The van der Waals surface area contributed by atoms with Gasteiger partial charge in [-0.1, -0.05) is 78.3 Å². The highest BCUT2D eigenvalue weighted by molar-refractivity contribution is 6.31. The molecule has 0 aliphatic heterocycles. The minimum absolute atomic E-state index is 0.0613. The minimum Gasteiger partial charge on any atom is -0.491 e. The van der Waals surface area contributed by atoms with Crippen LogP contribution in [0.1, 0.15) is 33.1 Å². The molecule has 0 aliphatic carbocycles. The highest BCUT2D eigenvalue weighted by Crippen LogP contribution is 2.34. The zero-order valence-electron chi connectivity index (χ0n) is 21.0. The minimum atomic E-state index is -0.739. The Morgan fingerprint density at radius 1 is 0.895 bits per heavy atom. The number of aliphatic hydroxyl groups excluding tert-OH is 1. The Morgan fingerprint density at radius 2 is 1.53 bits per heavy atom. The van der Waals surface area contributed by atoms with Gasteiger partial charge in [0.05, 0.1) is 30.3 Å². The highest BCUT2D eigenvalue weighted by atomic mass is 35.5. The molecule has 1 heterocycles. The number of carbonyl (C=O) groups is 1. The van der Waals surface area contributed by atoms with E-state index in [1.807, 2.05) is 54.6 Å². The van der Waals surface area contributed by atoms with Gasteiger partial charge >= 0.3 is 5.97 Å². The first-order valence-electron chi connectivity index (χ1n) is 12.4. The van der Waals surface area contributed by atoms with Gasteiger partial charge in [0, 0.05) is 23.0 Å². The lowest BCUT2D eigenvalue weighted by atomic mass is 9.98. The average Bonchev–Trinajstić information content (AvgIpc) is 3.29. The van der Waals surface area contributed by atoms with Gasteiger partial charge in [-0.3, -0.25) is 0 Å². The van der Waals surface area contributed by atoms with Gasteiger partial charge < -0.3 is 19.1 Å². The van der Waals surface area contributed by atoms with Gasteiger partial charge in [0.1, 0.15) is 12.4 Å². The van der Waals surface area contributed by atoms with Gasteiger partial charge in [0.15, 0.2) is 0 Å². The van der Waals surface area contributed by atoms with Crippen molar-refractivity contribution in [2.75, 3.05) is 13.7 Å². The van der Waals surface area contributed by atoms with Crippen molar-refractivity contribution in [3.63, 3.8) is 0 Å². The number of aliphatic hydroxyl groups is 1. The van der Waals surface area contributed by atoms with Crippen LogP contribution in [-0.2, 0) is 11.2 Å². The summed E-state index contributed by atoms with van der Waals surface area (Å²) in [6, 6.07) is 33.2. The van der Waals surface area contributed by atoms with Crippen LogP contribution in [0.5, 0.6) is 5.75 Å². The van der Waals surface area contributed by atoms with E-state index in [4.69, 9.17) is 21.1 Å². The van der Waals surface area contributed by atoms with E-state index in [-0.39, 0.29) is 12.6 Å². The van der Waals surface area contributed by atoms with Gasteiger partial charge in [-0.2, -0.15) is 0 Å². The fourth-order valence-electron chi connectivity index (χ4n) is 4.77. The smallest absolute Gasteiger partial charge is 0.337 e. The van der Waals surface area contributed by atoms with Crippen molar-refractivity contribution in [1.29, 1.82) is 0 Å². The molecule has 1 aromatic heterocycles. The van der Waals surface area contributed by atoms with E-state index in [0.717, 1.165) is 27.6 Å². The third-order valence-corrected chi connectivity index (χ3v) is 6.80. The number of rotatable bonds is 9. The van der Waals surface area contributed by atoms with E-state index in [1.54, 1.807) is 24.3 Å². The second kappa shape index (κ2) is 11.5. The first-order chi connectivity index (χ1) is 18.5. The molecule has 4 aromatic carbocycles. The predicted octanol–water partition coefficient (Wildman–Crippen LogP) is 6.70. The maximum Gasteiger partial charge on any atom is 0.337 e. The van der Waals surface area contributed by atoms with Crippen molar-refractivity contribution in [3.8, 4) is 5.75 Å². The van der Waals surface area contributed by atoms with Crippen LogP contribution < -0.4 is 4.74 Å².